The van der Waals surface area contributed by atoms with Gasteiger partial charge >= 0.3 is 6.18 Å². The maximum absolute atomic E-state index is 13.1. The SMILES string of the molecule is O=C(N[C@@H](Cc1cccc(F)c1)C(F)(F)F)c1ccccc1. The van der Waals surface area contributed by atoms with Gasteiger partial charge in [0.25, 0.3) is 5.91 Å². The number of hydrogen-bond donors (Lipinski definition) is 1. The van der Waals surface area contributed by atoms with Crippen molar-refractivity contribution in [2.45, 2.75) is 18.6 Å². The molecule has 116 valence electrons. The van der Waals surface area contributed by atoms with E-state index in [1.165, 1.54) is 24.3 Å². The number of carbonyl (C=O) groups is 1. The summed E-state index contributed by atoms with van der Waals surface area (Å²) in [6.45, 7) is 0. The van der Waals surface area contributed by atoms with Crippen molar-refractivity contribution < 1.29 is 22.4 Å². The molecule has 1 amide bonds. The molecular formula is C16H13F4NO. The smallest absolute Gasteiger partial charge is 0.340 e. The predicted molar refractivity (Wildman–Crippen MR) is 73.9 cm³/mol. The van der Waals surface area contributed by atoms with E-state index in [9.17, 15) is 22.4 Å². The Morgan fingerprint density at radius 3 is 2.32 bits per heavy atom. The Bertz CT molecular complexity index is 640. The summed E-state index contributed by atoms with van der Waals surface area (Å²) in [7, 11) is 0. The van der Waals surface area contributed by atoms with Gasteiger partial charge in [-0.05, 0) is 29.8 Å². The van der Waals surface area contributed by atoms with Gasteiger partial charge in [0.1, 0.15) is 11.9 Å². The molecule has 2 aromatic rings. The topological polar surface area (TPSA) is 29.1 Å². The summed E-state index contributed by atoms with van der Waals surface area (Å²) in [6, 6.07) is 10.4. The lowest BCUT2D eigenvalue weighted by Crippen LogP contribution is -2.46. The van der Waals surface area contributed by atoms with Gasteiger partial charge in [-0.2, -0.15) is 13.2 Å². The molecule has 1 atom stereocenters. The predicted octanol–water partition coefficient (Wildman–Crippen LogP) is 3.73. The monoisotopic (exact) mass is 311 g/mol. The van der Waals surface area contributed by atoms with Crippen LogP contribution in [0.25, 0.3) is 0 Å². The van der Waals surface area contributed by atoms with E-state index in [0.717, 1.165) is 12.1 Å². The largest absolute Gasteiger partial charge is 0.408 e. The molecule has 0 bridgehead atoms. The Morgan fingerprint density at radius 2 is 1.73 bits per heavy atom. The Hall–Kier alpha value is -2.37. The molecule has 0 unspecified atom stereocenters. The lowest BCUT2D eigenvalue weighted by atomic mass is 10.0. The van der Waals surface area contributed by atoms with Gasteiger partial charge in [-0.25, -0.2) is 4.39 Å². The summed E-state index contributed by atoms with van der Waals surface area (Å²) in [4.78, 5) is 11.9. The Kier molecular flexibility index (Phi) is 4.80. The van der Waals surface area contributed by atoms with Crippen molar-refractivity contribution in [2.75, 3.05) is 0 Å². The third-order valence-electron chi connectivity index (χ3n) is 3.07. The minimum absolute atomic E-state index is 0.135. The number of nitrogens with one attached hydrogen (secondary N) is 1. The molecule has 22 heavy (non-hydrogen) atoms. The number of benzene rings is 2. The van der Waals surface area contributed by atoms with Crippen LogP contribution in [0.3, 0.4) is 0 Å². The van der Waals surface area contributed by atoms with E-state index in [0.29, 0.717) is 0 Å². The van der Waals surface area contributed by atoms with Crippen molar-refractivity contribution in [1.82, 2.24) is 5.32 Å². The molecule has 2 nitrogen and oxygen atoms in total. The van der Waals surface area contributed by atoms with Gasteiger partial charge in [0.2, 0.25) is 0 Å². The molecule has 0 aliphatic rings. The molecule has 0 aromatic heterocycles. The van der Waals surface area contributed by atoms with E-state index < -0.39 is 30.4 Å². The molecule has 0 aliphatic heterocycles. The second kappa shape index (κ2) is 6.60. The van der Waals surface area contributed by atoms with Crippen LogP contribution in [0.2, 0.25) is 0 Å². The van der Waals surface area contributed by atoms with Gasteiger partial charge in [-0.15, -0.1) is 0 Å². The van der Waals surface area contributed by atoms with Crippen LogP contribution < -0.4 is 5.32 Å². The normalized spacial score (nSPS) is 12.7. The summed E-state index contributed by atoms with van der Waals surface area (Å²) < 4.78 is 52.3. The quantitative estimate of drug-likeness (QED) is 0.857. The van der Waals surface area contributed by atoms with E-state index >= 15 is 0 Å². The summed E-state index contributed by atoms with van der Waals surface area (Å²) in [5.74, 6) is -1.44. The summed E-state index contributed by atoms with van der Waals surface area (Å²) in [5.41, 5.74) is 0.298. The van der Waals surface area contributed by atoms with Crippen LogP contribution in [0.15, 0.2) is 54.6 Å². The second-order valence-electron chi connectivity index (χ2n) is 4.77. The van der Waals surface area contributed by atoms with Crippen LogP contribution >= 0.6 is 0 Å². The molecular weight excluding hydrogens is 298 g/mol. The Balaban J connectivity index is 2.15. The fourth-order valence-corrected chi connectivity index (χ4v) is 1.98. The first kappa shape index (κ1) is 16.0. The van der Waals surface area contributed by atoms with Crippen LogP contribution in [-0.2, 0) is 6.42 Å². The Morgan fingerprint density at radius 1 is 1.05 bits per heavy atom. The molecule has 0 fully saturated rings. The van der Waals surface area contributed by atoms with Crippen LogP contribution in [0.1, 0.15) is 15.9 Å². The highest BCUT2D eigenvalue weighted by molar-refractivity contribution is 5.94. The molecule has 2 rings (SSSR count). The molecule has 0 heterocycles. The lowest BCUT2D eigenvalue weighted by Gasteiger charge is -2.22. The zero-order valence-electron chi connectivity index (χ0n) is 11.4. The molecule has 0 spiro atoms. The van der Waals surface area contributed by atoms with Gasteiger partial charge in [-0.1, -0.05) is 30.3 Å². The molecule has 1 N–H and O–H groups in total. The minimum Gasteiger partial charge on any atom is -0.340 e. The maximum Gasteiger partial charge on any atom is 0.408 e. The van der Waals surface area contributed by atoms with Crippen LogP contribution in [-0.4, -0.2) is 18.1 Å². The highest BCUT2D eigenvalue weighted by atomic mass is 19.4. The molecule has 0 saturated heterocycles. The van der Waals surface area contributed by atoms with Crippen molar-refractivity contribution >= 4 is 5.91 Å². The number of halogens is 4. The number of carbonyl (C=O) groups excluding carboxylic acids is 1. The number of amides is 1. The van der Waals surface area contributed by atoms with E-state index in [-0.39, 0.29) is 11.1 Å². The summed E-state index contributed by atoms with van der Waals surface area (Å²) in [5, 5.41) is 1.95. The van der Waals surface area contributed by atoms with Crippen molar-refractivity contribution in [1.29, 1.82) is 0 Å². The lowest BCUT2D eigenvalue weighted by molar-refractivity contribution is -0.153. The first-order valence-electron chi connectivity index (χ1n) is 6.53. The third-order valence-corrected chi connectivity index (χ3v) is 3.07. The van der Waals surface area contributed by atoms with Gasteiger partial charge in [-0.3, -0.25) is 4.79 Å². The second-order valence-corrected chi connectivity index (χ2v) is 4.77. The average molecular weight is 311 g/mol. The fourth-order valence-electron chi connectivity index (χ4n) is 1.98. The molecule has 0 radical (unpaired) electrons. The van der Waals surface area contributed by atoms with Gasteiger partial charge in [0.15, 0.2) is 0 Å². The maximum atomic E-state index is 13.1. The Labute approximate surface area is 124 Å². The highest BCUT2D eigenvalue weighted by Crippen LogP contribution is 2.24. The van der Waals surface area contributed by atoms with Crippen molar-refractivity contribution in [3.8, 4) is 0 Å². The van der Waals surface area contributed by atoms with Crippen LogP contribution in [0.5, 0.6) is 0 Å². The van der Waals surface area contributed by atoms with Gasteiger partial charge < -0.3 is 5.32 Å². The zero-order valence-corrected chi connectivity index (χ0v) is 11.4. The first-order chi connectivity index (χ1) is 10.4. The highest BCUT2D eigenvalue weighted by Gasteiger charge is 2.40. The van der Waals surface area contributed by atoms with E-state index in [4.69, 9.17) is 0 Å². The standard InChI is InChI=1S/C16H13F4NO/c17-13-8-4-5-11(9-13)10-14(16(18,19)20)21-15(22)12-6-2-1-3-7-12/h1-9,14H,10H2,(H,21,22)/t14-/m0/s1. The summed E-state index contributed by atoms with van der Waals surface area (Å²) in [6.07, 6.45) is -5.16. The summed E-state index contributed by atoms with van der Waals surface area (Å²) >= 11 is 0. The molecule has 0 aliphatic carbocycles. The van der Waals surface area contributed by atoms with Gasteiger partial charge in [0.05, 0.1) is 0 Å². The fraction of sp³-hybridized carbons (Fsp3) is 0.188. The molecule has 0 saturated carbocycles. The van der Waals surface area contributed by atoms with E-state index in [1.54, 1.807) is 18.2 Å². The van der Waals surface area contributed by atoms with E-state index in [1.807, 2.05) is 5.32 Å². The van der Waals surface area contributed by atoms with Crippen LogP contribution in [0, 0.1) is 5.82 Å². The van der Waals surface area contributed by atoms with E-state index in [2.05, 4.69) is 0 Å². The zero-order chi connectivity index (χ0) is 16.2. The minimum atomic E-state index is -4.63. The van der Waals surface area contributed by atoms with Crippen molar-refractivity contribution in [3.63, 3.8) is 0 Å². The van der Waals surface area contributed by atoms with Crippen molar-refractivity contribution in [3.05, 3.63) is 71.5 Å². The first-order valence-corrected chi connectivity index (χ1v) is 6.53. The number of hydrogen-bond acceptors (Lipinski definition) is 1. The number of rotatable bonds is 4. The molecule has 2 aromatic carbocycles. The van der Waals surface area contributed by atoms with Crippen molar-refractivity contribution in [2.24, 2.45) is 0 Å². The average Bonchev–Trinajstić information content (AvgIpc) is 2.46. The molecule has 6 heteroatoms. The third kappa shape index (κ3) is 4.31. The number of alkyl halides is 3. The van der Waals surface area contributed by atoms with Crippen LogP contribution in [0.4, 0.5) is 17.6 Å². The van der Waals surface area contributed by atoms with Gasteiger partial charge in [0, 0.05) is 12.0 Å².